The SMILES string of the molecule is O=C(NCc1cccnc1OCC(F)(F)F)c1ccccc1-c1ccc(Cn2cccn2)cc1. The summed E-state index contributed by atoms with van der Waals surface area (Å²) in [7, 11) is 0. The summed E-state index contributed by atoms with van der Waals surface area (Å²) in [4.78, 5) is 16.8. The molecule has 0 aliphatic rings. The highest BCUT2D eigenvalue weighted by Gasteiger charge is 2.29. The van der Waals surface area contributed by atoms with Crippen LogP contribution in [0.25, 0.3) is 11.1 Å². The Labute approximate surface area is 194 Å². The van der Waals surface area contributed by atoms with Crippen LogP contribution in [0.4, 0.5) is 13.2 Å². The van der Waals surface area contributed by atoms with Crippen molar-refractivity contribution in [2.24, 2.45) is 0 Å². The van der Waals surface area contributed by atoms with Gasteiger partial charge in [0.1, 0.15) is 0 Å². The first kappa shape index (κ1) is 23.0. The van der Waals surface area contributed by atoms with Crippen molar-refractivity contribution in [1.29, 1.82) is 0 Å². The van der Waals surface area contributed by atoms with E-state index in [1.165, 1.54) is 6.20 Å². The fourth-order valence-electron chi connectivity index (χ4n) is 3.41. The number of hydrogen-bond acceptors (Lipinski definition) is 4. The number of rotatable bonds is 8. The summed E-state index contributed by atoms with van der Waals surface area (Å²) in [6, 6.07) is 20.0. The van der Waals surface area contributed by atoms with Crippen molar-refractivity contribution in [3.63, 3.8) is 0 Å². The highest BCUT2D eigenvalue weighted by atomic mass is 19.4. The molecule has 2 aromatic heterocycles. The Kier molecular flexibility index (Phi) is 6.91. The second kappa shape index (κ2) is 10.2. The second-order valence-corrected chi connectivity index (χ2v) is 7.50. The summed E-state index contributed by atoms with van der Waals surface area (Å²) < 4.78 is 44.1. The minimum absolute atomic E-state index is 0.0307. The van der Waals surface area contributed by atoms with Crippen LogP contribution >= 0.6 is 0 Å². The van der Waals surface area contributed by atoms with Crippen molar-refractivity contribution in [3.8, 4) is 17.0 Å². The van der Waals surface area contributed by atoms with E-state index < -0.39 is 12.8 Å². The molecule has 4 rings (SSSR count). The number of alkyl halides is 3. The van der Waals surface area contributed by atoms with Crippen molar-refractivity contribution in [2.45, 2.75) is 19.3 Å². The molecule has 4 aromatic rings. The van der Waals surface area contributed by atoms with Gasteiger partial charge >= 0.3 is 6.18 Å². The Morgan fingerprint density at radius 3 is 2.50 bits per heavy atom. The molecule has 0 saturated carbocycles. The van der Waals surface area contributed by atoms with Gasteiger partial charge in [-0.05, 0) is 34.9 Å². The Balaban J connectivity index is 1.46. The van der Waals surface area contributed by atoms with E-state index in [4.69, 9.17) is 4.74 Å². The zero-order valence-electron chi connectivity index (χ0n) is 18.0. The van der Waals surface area contributed by atoms with Gasteiger partial charge in [-0.3, -0.25) is 9.48 Å². The molecular weight excluding hydrogens is 445 g/mol. The van der Waals surface area contributed by atoms with Crippen LogP contribution in [0.5, 0.6) is 5.88 Å². The maximum absolute atomic E-state index is 13.0. The van der Waals surface area contributed by atoms with Gasteiger partial charge in [0.15, 0.2) is 6.61 Å². The molecule has 0 aliphatic heterocycles. The highest BCUT2D eigenvalue weighted by molar-refractivity contribution is 6.00. The van der Waals surface area contributed by atoms with Crippen molar-refractivity contribution >= 4 is 5.91 Å². The molecule has 174 valence electrons. The Bertz CT molecular complexity index is 1240. The van der Waals surface area contributed by atoms with Gasteiger partial charge < -0.3 is 10.1 Å². The molecule has 0 saturated heterocycles. The van der Waals surface area contributed by atoms with Gasteiger partial charge in [0.25, 0.3) is 5.91 Å². The molecule has 0 spiro atoms. The lowest BCUT2D eigenvalue weighted by Gasteiger charge is -2.14. The van der Waals surface area contributed by atoms with E-state index in [9.17, 15) is 18.0 Å². The minimum atomic E-state index is -4.48. The third-order valence-electron chi connectivity index (χ3n) is 5.00. The van der Waals surface area contributed by atoms with Crippen LogP contribution < -0.4 is 10.1 Å². The maximum atomic E-state index is 13.0. The monoisotopic (exact) mass is 466 g/mol. The first-order valence-electron chi connectivity index (χ1n) is 10.5. The van der Waals surface area contributed by atoms with Crippen molar-refractivity contribution in [2.75, 3.05) is 6.61 Å². The van der Waals surface area contributed by atoms with Crippen LogP contribution in [0.1, 0.15) is 21.5 Å². The molecule has 0 aliphatic carbocycles. The number of aromatic nitrogens is 3. The molecule has 0 atom stereocenters. The standard InChI is InChI=1S/C25H21F3N4O2/c26-25(27,28)17-34-24-20(5-3-12-29-24)15-30-23(33)22-7-2-1-6-21(22)19-10-8-18(9-11-19)16-32-14-4-13-31-32/h1-14H,15-17H2,(H,30,33). The molecule has 9 heteroatoms. The molecular formula is C25H21F3N4O2. The van der Waals surface area contributed by atoms with Gasteiger partial charge in [0.05, 0.1) is 6.54 Å². The first-order valence-corrected chi connectivity index (χ1v) is 10.5. The van der Waals surface area contributed by atoms with Crippen LogP contribution in [-0.2, 0) is 13.1 Å². The van der Waals surface area contributed by atoms with E-state index in [2.05, 4.69) is 15.4 Å². The summed E-state index contributed by atoms with van der Waals surface area (Å²) in [5.41, 5.74) is 3.47. The fraction of sp³-hybridized carbons (Fsp3) is 0.160. The third kappa shape index (κ3) is 6.00. The predicted octanol–water partition coefficient (Wildman–Crippen LogP) is 4.86. The summed E-state index contributed by atoms with van der Waals surface area (Å²) in [5, 5.41) is 6.95. The molecule has 0 bridgehead atoms. The number of benzene rings is 2. The van der Waals surface area contributed by atoms with Gasteiger partial charge in [0.2, 0.25) is 5.88 Å². The Hall–Kier alpha value is -4.14. The quantitative estimate of drug-likeness (QED) is 0.403. The second-order valence-electron chi connectivity index (χ2n) is 7.50. The predicted molar refractivity (Wildman–Crippen MR) is 120 cm³/mol. The molecule has 1 amide bonds. The van der Waals surface area contributed by atoms with Crippen molar-refractivity contribution < 1.29 is 22.7 Å². The van der Waals surface area contributed by atoms with Crippen molar-refractivity contribution in [1.82, 2.24) is 20.1 Å². The molecule has 0 radical (unpaired) electrons. The number of hydrogen-bond donors (Lipinski definition) is 1. The largest absolute Gasteiger partial charge is 0.468 e. The molecule has 2 aromatic carbocycles. The van der Waals surface area contributed by atoms with Crippen LogP contribution in [0.15, 0.2) is 85.3 Å². The van der Waals surface area contributed by atoms with Gasteiger partial charge in [-0.25, -0.2) is 4.98 Å². The molecule has 34 heavy (non-hydrogen) atoms. The number of pyridine rings is 1. The molecule has 1 N–H and O–H groups in total. The highest BCUT2D eigenvalue weighted by Crippen LogP contribution is 2.25. The molecule has 0 unspecified atom stereocenters. The smallest absolute Gasteiger partial charge is 0.422 e. The van der Waals surface area contributed by atoms with Gasteiger partial charge in [-0.2, -0.15) is 18.3 Å². The van der Waals surface area contributed by atoms with E-state index in [0.717, 1.165) is 16.7 Å². The normalized spacial score (nSPS) is 11.3. The number of carbonyl (C=O) groups excluding carboxylic acids is 1. The summed E-state index contributed by atoms with van der Waals surface area (Å²) in [6.07, 6.45) is 0.461. The lowest BCUT2D eigenvalue weighted by molar-refractivity contribution is -0.154. The Morgan fingerprint density at radius 1 is 0.971 bits per heavy atom. The molecule has 2 heterocycles. The van der Waals surface area contributed by atoms with Gasteiger partial charge in [0, 0.05) is 36.3 Å². The van der Waals surface area contributed by atoms with Crippen LogP contribution in [0, 0.1) is 0 Å². The fourth-order valence-corrected chi connectivity index (χ4v) is 3.41. The zero-order valence-corrected chi connectivity index (χ0v) is 18.0. The molecule has 6 nitrogen and oxygen atoms in total. The molecule has 0 fully saturated rings. The average molecular weight is 466 g/mol. The Morgan fingerprint density at radius 2 is 1.76 bits per heavy atom. The number of amides is 1. The maximum Gasteiger partial charge on any atom is 0.422 e. The third-order valence-corrected chi connectivity index (χ3v) is 5.00. The number of nitrogens with one attached hydrogen (secondary N) is 1. The minimum Gasteiger partial charge on any atom is -0.468 e. The topological polar surface area (TPSA) is 69.0 Å². The lowest BCUT2D eigenvalue weighted by Crippen LogP contribution is -2.25. The summed E-state index contributed by atoms with van der Waals surface area (Å²) in [5.74, 6) is -0.525. The van der Waals surface area contributed by atoms with Crippen LogP contribution in [0.2, 0.25) is 0 Å². The summed E-state index contributed by atoms with van der Waals surface area (Å²) >= 11 is 0. The lowest BCUT2D eigenvalue weighted by atomic mass is 9.98. The number of nitrogens with zero attached hydrogens (tertiary/aromatic N) is 3. The van der Waals surface area contributed by atoms with Crippen LogP contribution in [-0.4, -0.2) is 33.5 Å². The van der Waals surface area contributed by atoms with E-state index in [1.807, 2.05) is 53.3 Å². The van der Waals surface area contributed by atoms with Gasteiger partial charge in [-0.1, -0.05) is 48.5 Å². The number of carbonyl (C=O) groups is 1. The van der Waals surface area contributed by atoms with Crippen molar-refractivity contribution in [3.05, 3.63) is 102 Å². The van der Waals surface area contributed by atoms with E-state index in [0.29, 0.717) is 17.7 Å². The van der Waals surface area contributed by atoms with Crippen LogP contribution in [0.3, 0.4) is 0 Å². The summed E-state index contributed by atoms with van der Waals surface area (Å²) in [6.45, 7) is -0.847. The number of halogens is 3. The van der Waals surface area contributed by atoms with E-state index in [-0.39, 0.29) is 18.3 Å². The first-order chi connectivity index (χ1) is 16.4. The number of ether oxygens (including phenoxy) is 1. The van der Waals surface area contributed by atoms with Gasteiger partial charge in [-0.15, -0.1) is 0 Å². The van der Waals surface area contributed by atoms with E-state index in [1.54, 1.807) is 30.5 Å². The van der Waals surface area contributed by atoms with E-state index >= 15 is 0 Å². The average Bonchev–Trinajstić information content (AvgIpc) is 3.35. The zero-order chi connectivity index (χ0) is 24.0.